The van der Waals surface area contributed by atoms with Gasteiger partial charge in [0.15, 0.2) is 0 Å². The first-order valence-electron chi connectivity index (χ1n) is 5.97. The van der Waals surface area contributed by atoms with E-state index >= 15 is 0 Å². The number of hydrogen-bond acceptors (Lipinski definition) is 3. The van der Waals surface area contributed by atoms with Gasteiger partial charge in [-0.1, -0.05) is 6.07 Å². The van der Waals surface area contributed by atoms with Gasteiger partial charge in [0.2, 0.25) is 0 Å². The number of hydrogen-bond donors (Lipinski definition) is 1. The summed E-state index contributed by atoms with van der Waals surface area (Å²) in [5.41, 5.74) is 3.37. The zero-order chi connectivity index (χ0) is 13.3. The zero-order valence-corrected chi connectivity index (χ0v) is 10.5. The van der Waals surface area contributed by atoms with Crippen molar-refractivity contribution in [2.24, 2.45) is 0 Å². The highest BCUT2D eigenvalue weighted by Crippen LogP contribution is 2.38. The molecule has 1 atom stereocenters. The number of esters is 1. The van der Waals surface area contributed by atoms with E-state index in [1.807, 2.05) is 13.0 Å². The van der Waals surface area contributed by atoms with E-state index in [-0.39, 0.29) is 11.9 Å². The summed E-state index contributed by atoms with van der Waals surface area (Å²) in [5, 5.41) is 9.07. The van der Waals surface area contributed by atoms with Gasteiger partial charge < -0.3 is 9.84 Å². The minimum Gasteiger partial charge on any atom is -0.478 e. The Hall–Kier alpha value is -1.84. The van der Waals surface area contributed by atoms with E-state index in [1.54, 1.807) is 6.07 Å². The maximum Gasteiger partial charge on any atom is 0.335 e. The molecule has 1 aliphatic rings. The average Bonchev–Trinajstić information content (AvgIpc) is 2.73. The van der Waals surface area contributed by atoms with Crippen LogP contribution in [-0.4, -0.2) is 24.2 Å². The van der Waals surface area contributed by atoms with Crippen molar-refractivity contribution in [2.45, 2.75) is 32.1 Å². The van der Waals surface area contributed by atoms with Crippen LogP contribution in [0.15, 0.2) is 12.1 Å². The molecule has 0 saturated heterocycles. The van der Waals surface area contributed by atoms with E-state index in [0.717, 1.165) is 29.5 Å². The van der Waals surface area contributed by atoms with Gasteiger partial charge in [0.1, 0.15) is 0 Å². The molecule has 0 unspecified atom stereocenters. The van der Waals surface area contributed by atoms with E-state index in [0.29, 0.717) is 12.0 Å². The molecule has 0 heterocycles. The molecule has 18 heavy (non-hydrogen) atoms. The average molecular weight is 248 g/mol. The van der Waals surface area contributed by atoms with Crippen LogP contribution in [0.5, 0.6) is 0 Å². The van der Waals surface area contributed by atoms with Gasteiger partial charge in [-0.15, -0.1) is 0 Å². The molecule has 0 bridgehead atoms. The minimum atomic E-state index is -0.897. The summed E-state index contributed by atoms with van der Waals surface area (Å²) >= 11 is 0. The smallest absolute Gasteiger partial charge is 0.335 e. The molecule has 0 aliphatic heterocycles. The number of aromatic carboxylic acids is 1. The lowest BCUT2D eigenvalue weighted by atomic mass is 9.94. The number of carboxylic acids is 1. The third-order valence-electron chi connectivity index (χ3n) is 3.69. The maximum absolute atomic E-state index is 11.3. The molecule has 4 nitrogen and oxygen atoms in total. The zero-order valence-electron chi connectivity index (χ0n) is 10.5. The number of ether oxygens (including phenoxy) is 1. The third-order valence-corrected chi connectivity index (χ3v) is 3.69. The fourth-order valence-electron chi connectivity index (χ4n) is 2.69. The number of carbonyl (C=O) groups is 2. The lowest BCUT2D eigenvalue weighted by Gasteiger charge is -2.12. The number of fused-ring (bicyclic) bond motifs is 1. The fraction of sp³-hybridized carbons (Fsp3) is 0.429. The van der Waals surface area contributed by atoms with Gasteiger partial charge in [-0.25, -0.2) is 4.79 Å². The van der Waals surface area contributed by atoms with E-state index < -0.39 is 5.97 Å². The Morgan fingerprint density at radius 2 is 2.17 bits per heavy atom. The molecule has 0 aromatic heterocycles. The Morgan fingerprint density at radius 1 is 1.44 bits per heavy atom. The van der Waals surface area contributed by atoms with Crippen molar-refractivity contribution < 1.29 is 19.4 Å². The molecule has 0 radical (unpaired) electrons. The minimum absolute atomic E-state index is 0.161. The van der Waals surface area contributed by atoms with Gasteiger partial charge in [0, 0.05) is 0 Å². The van der Waals surface area contributed by atoms with Crippen LogP contribution in [0.25, 0.3) is 0 Å². The summed E-state index contributed by atoms with van der Waals surface area (Å²) in [7, 11) is 1.39. The van der Waals surface area contributed by atoms with Crippen LogP contribution in [0.1, 0.15) is 45.8 Å². The summed E-state index contributed by atoms with van der Waals surface area (Å²) in [6, 6.07) is 3.47. The largest absolute Gasteiger partial charge is 0.478 e. The second-order valence-corrected chi connectivity index (χ2v) is 4.63. The van der Waals surface area contributed by atoms with Crippen LogP contribution in [0.4, 0.5) is 0 Å². The lowest BCUT2D eigenvalue weighted by Crippen LogP contribution is -2.07. The van der Waals surface area contributed by atoms with Crippen LogP contribution in [0.3, 0.4) is 0 Å². The molecule has 0 saturated carbocycles. The van der Waals surface area contributed by atoms with Gasteiger partial charge >= 0.3 is 11.9 Å². The number of methoxy groups -OCH3 is 1. The molecule has 1 aromatic rings. The Labute approximate surface area is 106 Å². The summed E-state index contributed by atoms with van der Waals surface area (Å²) in [4.78, 5) is 22.4. The molecular formula is C14H16O4. The van der Waals surface area contributed by atoms with Crippen molar-refractivity contribution in [1.82, 2.24) is 0 Å². The molecule has 0 amide bonds. The van der Waals surface area contributed by atoms with E-state index in [4.69, 9.17) is 5.11 Å². The lowest BCUT2D eigenvalue weighted by molar-refractivity contribution is -0.141. The van der Waals surface area contributed by atoms with Crippen LogP contribution >= 0.6 is 0 Å². The molecule has 0 spiro atoms. The van der Waals surface area contributed by atoms with Crippen molar-refractivity contribution in [3.63, 3.8) is 0 Å². The number of carboxylic acid groups (broad SMARTS) is 1. The number of carbonyl (C=O) groups excluding carboxylic acids is 1. The van der Waals surface area contributed by atoms with Crippen molar-refractivity contribution >= 4 is 11.9 Å². The van der Waals surface area contributed by atoms with Crippen LogP contribution in [0.2, 0.25) is 0 Å². The summed E-state index contributed by atoms with van der Waals surface area (Å²) in [6.45, 7) is 1.84. The van der Waals surface area contributed by atoms with Crippen molar-refractivity contribution in [3.05, 3.63) is 34.4 Å². The maximum atomic E-state index is 11.3. The molecule has 0 fully saturated rings. The SMILES string of the molecule is COC(=O)C[C@H]1CCc2c1ccc(C(=O)O)c2C. The highest BCUT2D eigenvalue weighted by atomic mass is 16.5. The highest BCUT2D eigenvalue weighted by Gasteiger charge is 2.27. The first-order chi connectivity index (χ1) is 8.54. The van der Waals surface area contributed by atoms with E-state index in [9.17, 15) is 9.59 Å². The van der Waals surface area contributed by atoms with Crippen molar-refractivity contribution in [1.29, 1.82) is 0 Å². The first-order valence-corrected chi connectivity index (χ1v) is 5.97. The van der Waals surface area contributed by atoms with Crippen molar-refractivity contribution in [3.8, 4) is 0 Å². The standard InChI is InChI=1S/C14H16O4/c1-8-10-4-3-9(7-13(15)18-2)12(10)6-5-11(8)14(16)17/h5-6,9H,3-4,7H2,1-2H3,(H,16,17)/t9-/m1/s1. The van der Waals surface area contributed by atoms with Gasteiger partial charge in [-0.05, 0) is 48.4 Å². The second-order valence-electron chi connectivity index (χ2n) is 4.63. The molecule has 2 rings (SSSR count). The van der Waals surface area contributed by atoms with Gasteiger partial charge in [0.25, 0.3) is 0 Å². The molecular weight excluding hydrogens is 232 g/mol. The Balaban J connectivity index is 2.33. The monoisotopic (exact) mass is 248 g/mol. The predicted octanol–water partition coefficient (Wildman–Crippen LogP) is 2.29. The molecule has 1 aliphatic carbocycles. The van der Waals surface area contributed by atoms with Gasteiger partial charge in [0.05, 0.1) is 19.1 Å². The van der Waals surface area contributed by atoms with E-state index in [2.05, 4.69) is 4.74 Å². The quantitative estimate of drug-likeness (QED) is 0.833. The topological polar surface area (TPSA) is 63.6 Å². The van der Waals surface area contributed by atoms with Crippen LogP contribution in [-0.2, 0) is 16.0 Å². The Kier molecular flexibility index (Phi) is 3.36. The van der Waals surface area contributed by atoms with Gasteiger partial charge in [-0.3, -0.25) is 4.79 Å². The summed E-state index contributed by atoms with van der Waals surface area (Å²) < 4.78 is 4.69. The van der Waals surface area contributed by atoms with E-state index in [1.165, 1.54) is 7.11 Å². The number of rotatable bonds is 3. The highest BCUT2D eigenvalue weighted by molar-refractivity contribution is 5.90. The summed E-state index contributed by atoms with van der Waals surface area (Å²) in [5.74, 6) is -0.950. The molecule has 4 heteroatoms. The van der Waals surface area contributed by atoms with Crippen LogP contribution in [0, 0.1) is 6.92 Å². The predicted molar refractivity (Wildman–Crippen MR) is 65.8 cm³/mol. The third kappa shape index (κ3) is 2.10. The first kappa shape index (κ1) is 12.6. The van der Waals surface area contributed by atoms with Crippen molar-refractivity contribution in [2.75, 3.05) is 7.11 Å². The van der Waals surface area contributed by atoms with Crippen LogP contribution < -0.4 is 0 Å². The normalized spacial score (nSPS) is 17.3. The molecule has 1 aromatic carbocycles. The molecule has 96 valence electrons. The Morgan fingerprint density at radius 3 is 2.78 bits per heavy atom. The number of benzene rings is 1. The fourth-order valence-corrected chi connectivity index (χ4v) is 2.69. The Bertz CT molecular complexity index is 505. The summed E-state index contributed by atoms with van der Waals surface area (Å²) in [6.07, 6.45) is 2.09. The molecule has 1 N–H and O–H groups in total. The second kappa shape index (κ2) is 4.80. The van der Waals surface area contributed by atoms with Gasteiger partial charge in [-0.2, -0.15) is 0 Å².